The Labute approximate surface area is 149 Å². The fraction of sp³-hybridized carbons (Fsp3) is 0.733. The molecule has 0 radical (unpaired) electrons. The second kappa shape index (κ2) is 11.2. The summed E-state index contributed by atoms with van der Waals surface area (Å²) in [5.41, 5.74) is 0.937. The molecule has 1 aromatic heterocycles. The quantitative estimate of drug-likeness (QED) is 0.839. The SMILES string of the molecule is CCCN(C(=O)Cc1csc(CC)n1)C1CCNCC1.Cl.Cl. The van der Waals surface area contributed by atoms with E-state index in [1.165, 1.54) is 0 Å². The van der Waals surface area contributed by atoms with Crippen LogP contribution >= 0.6 is 36.2 Å². The Balaban J connectivity index is 0.00000220. The molecule has 1 aliphatic rings. The van der Waals surface area contributed by atoms with Crippen molar-refractivity contribution in [3.63, 3.8) is 0 Å². The molecule has 128 valence electrons. The van der Waals surface area contributed by atoms with Crippen molar-refractivity contribution >= 4 is 42.1 Å². The highest BCUT2D eigenvalue weighted by Crippen LogP contribution is 2.16. The minimum absolute atomic E-state index is 0. The van der Waals surface area contributed by atoms with Crippen LogP contribution in [0.25, 0.3) is 0 Å². The van der Waals surface area contributed by atoms with E-state index in [-0.39, 0.29) is 30.7 Å². The van der Waals surface area contributed by atoms with Crippen LogP contribution < -0.4 is 5.32 Å². The van der Waals surface area contributed by atoms with Gasteiger partial charge in [-0.2, -0.15) is 0 Å². The summed E-state index contributed by atoms with van der Waals surface area (Å²) in [7, 11) is 0. The summed E-state index contributed by atoms with van der Waals surface area (Å²) in [6.45, 7) is 7.15. The van der Waals surface area contributed by atoms with Crippen molar-refractivity contribution in [2.75, 3.05) is 19.6 Å². The first-order chi connectivity index (χ1) is 9.74. The zero-order valence-electron chi connectivity index (χ0n) is 13.3. The van der Waals surface area contributed by atoms with Gasteiger partial charge in [0, 0.05) is 18.0 Å². The number of rotatable bonds is 6. The summed E-state index contributed by atoms with van der Waals surface area (Å²) in [5, 5.41) is 6.52. The molecule has 0 spiro atoms. The van der Waals surface area contributed by atoms with E-state index in [0.29, 0.717) is 12.5 Å². The monoisotopic (exact) mass is 367 g/mol. The van der Waals surface area contributed by atoms with Gasteiger partial charge in [-0.3, -0.25) is 4.79 Å². The van der Waals surface area contributed by atoms with E-state index < -0.39 is 0 Å². The highest BCUT2D eigenvalue weighted by Gasteiger charge is 2.25. The lowest BCUT2D eigenvalue weighted by Crippen LogP contribution is -2.47. The van der Waals surface area contributed by atoms with E-state index in [1.54, 1.807) is 11.3 Å². The van der Waals surface area contributed by atoms with Gasteiger partial charge in [-0.25, -0.2) is 4.98 Å². The van der Waals surface area contributed by atoms with Gasteiger partial charge in [-0.1, -0.05) is 13.8 Å². The number of carbonyl (C=O) groups is 1. The van der Waals surface area contributed by atoms with E-state index in [0.717, 1.165) is 56.0 Å². The third-order valence-electron chi connectivity index (χ3n) is 3.77. The van der Waals surface area contributed by atoms with E-state index in [1.807, 2.05) is 5.38 Å². The molecule has 0 atom stereocenters. The topological polar surface area (TPSA) is 45.2 Å². The van der Waals surface area contributed by atoms with Gasteiger partial charge in [0.25, 0.3) is 0 Å². The molecular formula is C15H27Cl2N3OS. The van der Waals surface area contributed by atoms with Gasteiger partial charge in [-0.05, 0) is 38.8 Å². The Morgan fingerprint density at radius 3 is 2.59 bits per heavy atom. The number of aromatic nitrogens is 1. The number of nitrogens with zero attached hydrogens (tertiary/aromatic N) is 2. The number of hydrogen-bond acceptors (Lipinski definition) is 4. The van der Waals surface area contributed by atoms with Crippen molar-refractivity contribution in [1.82, 2.24) is 15.2 Å². The van der Waals surface area contributed by atoms with Crippen LogP contribution in [0.4, 0.5) is 0 Å². The number of carbonyl (C=O) groups excluding carboxylic acids is 1. The Hall–Kier alpha value is -0.360. The number of halogens is 2. The van der Waals surface area contributed by atoms with Crippen molar-refractivity contribution in [1.29, 1.82) is 0 Å². The Kier molecular flexibility index (Phi) is 11.0. The third kappa shape index (κ3) is 6.03. The van der Waals surface area contributed by atoms with Crippen LogP contribution in [0.3, 0.4) is 0 Å². The lowest BCUT2D eigenvalue weighted by Gasteiger charge is -2.34. The van der Waals surface area contributed by atoms with E-state index in [9.17, 15) is 4.79 Å². The standard InChI is InChI=1S/C15H25N3OS.2ClH/c1-3-9-18(13-5-7-16-8-6-13)15(19)10-12-11-20-14(4-2)17-12;;/h11,13,16H,3-10H2,1-2H3;2*1H. The molecule has 1 fully saturated rings. The maximum absolute atomic E-state index is 12.6. The molecule has 22 heavy (non-hydrogen) atoms. The Morgan fingerprint density at radius 1 is 1.36 bits per heavy atom. The summed E-state index contributed by atoms with van der Waals surface area (Å²) < 4.78 is 0. The predicted octanol–water partition coefficient (Wildman–Crippen LogP) is 3.08. The molecule has 0 bridgehead atoms. The van der Waals surface area contributed by atoms with Gasteiger partial charge in [-0.15, -0.1) is 36.2 Å². The molecule has 1 amide bonds. The highest BCUT2D eigenvalue weighted by atomic mass is 35.5. The van der Waals surface area contributed by atoms with E-state index in [2.05, 4.69) is 29.0 Å². The van der Waals surface area contributed by atoms with E-state index in [4.69, 9.17) is 0 Å². The van der Waals surface area contributed by atoms with Gasteiger partial charge in [0.1, 0.15) is 0 Å². The van der Waals surface area contributed by atoms with Crippen LogP contribution in [0.1, 0.15) is 43.8 Å². The van der Waals surface area contributed by atoms with Crippen molar-refractivity contribution in [3.8, 4) is 0 Å². The fourth-order valence-electron chi connectivity index (χ4n) is 2.72. The van der Waals surface area contributed by atoms with E-state index >= 15 is 0 Å². The van der Waals surface area contributed by atoms with Crippen molar-refractivity contribution in [2.24, 2.45) is 0 Å². The number of thiazole rings is 1. The lowest BCUT2D eigenvalue weighted by atomic mass is 10.0. The van der Waals surface area contributed by atoms with Crippen molar-refractivity contribution in [3.05, 3.63) is 16.1 Å². The molecule has 0 saturated carbocycles. The molecule has 2 heterocycles. The van der Waals surface area contributed by atoms with Crippen LogP contribution in [0.15, 0.2) is 5.38 Å². The lowest BCUT2D eigenvalue weighted by molar-refractivity contribution is -0.133. The average Bonchev–Trinajstić information content (AvgIpc) is 2.93. The first kappa shape index (κ1) is 21.6. The zero-order chi connectivity index (χ0) is 14.4. The maximum Gasteiger partial charge on any atom is 0.228 e. The molecule has 0 aliphatic carbocycles. The summed E-state index contributed by atoms with van der Waals surface area (Å²) in [5.74, 6) is 0.242. The van der Waals surface area contributed by atoms with Crippen LogP contribution in [0.2, 0.25) is 0 Å². The number of piperidine rings is 1. The maximum atomic E-state index is 12.6. The summed E-state index contributed by atoms with van der Waals surface area (Å²) in [4.78, 5) is 19.2. The molecule has 1 N–H and O–H groups in total. The predicted molar refractivity (Wildman–Crippen MR) is 97.6 cm³/mol. The minimum Gasteiger partial charge on any atom is -0.339 e. The first-order valence-corrected chi connectivity index (χ1v) is 8.56. The van der Waals surface area contributed by atoms with Gasteiger partial charge in [0.2, 0.25) is 5.91 Å². The number of amides is 1. The van der Waals surface area contributed by atoms with Crippen LogP contribution in [-0.4, -0.2) is 41.5 Å². The number of nitrogens with one attached hydrogen (secondary N) is 1. The Morgan fingerprint density at radius 2 is 2.05 bits per heavy atom. The van der Waals surface area contributed by atoms with Gasteiger partial charge in [0.15, 0.2) is 0 Å². The minimum atomic E-state index is 0. The first-order valence-electron chi connectivity index (χ1n) is 7.68. The molecule has 1 saturated heterocycles. The second-order valence-corrected chi connectivity index (χ2v) is 6.27. The van der Waals surface area contributed by atoms with Gasteiger partial charge >= 0.3 is 0 Å². The largest absolute Gasteiger partial charge is 0.339 e. The summed E-state index contributed by atoms with van der Waals surface area (Å²) >= 11 is 1.66. The smallest absolute Gasteiger partial charge is 0.228 e. The summed E-state index contributed by atoms with van der Waals surface area (Å²) in [6, 6.07) is 0.410. The molecule has 1 aliphatic heterocycles. The number of hydrogen-bond donors (Lipinski definition) is 1. The van der Waals surface area contributed by atoms with Gasteiger partial charge in [0.05, 0.1) is 17.1 Å². The second-order valence-electron chi connectivity index (χ2n) is 5.33. The Bertz CT molecular complexity index is 436. The average molecular weight is 368 g/mol. The van der Waals surface area contributed by atoms with Gasteiger partial charge < -0.3 is 10.2 Å². The van der Waals surface area contributed by atoms with Crippen molar-refractivity contribution < 1.29 is 4.79 Å². The highest BCUT2D eigenvalue weighted by molar-refractivity contribution is 7.09. The molecular weight excluding hydrogens is 341 g/mol. The molecule has 0 aromatic carbocycles. The molecule has 2 rings (SSSR count). The summed E-state index contributed by atoms with van der Waals surface area (Å²) in [6.07, 6.45) is 4.57. The molecule has 1 aromatic rings. The molecule has 4 nitrogen and oxygen atoms in total. The normalized spacial score (nSPS) is 14.8. The zero-order valence-corrected chi connectivity index (χ0v) is 15.8. The van der Waals surface area contributed by atoms with Crippen LogP contribution in [-0.2, 0) is 17.6 Å². The third-order valence-corrected chi connectivity index (χ3v) is 4.81. The van der Waals surface area contributed by atoms with Crippen LogP contribution in [0.5, 0.6) is 0 Å². The molecule has 7 heteroatoms. The molecule has 0 unspecified atom stereocenters. The number of aryl methyl sites for hydroxylation is 1. The van der Waals surface area contributed by atoms with Crippen LogP contribution in [0, 0.1) is 0 Å². The fourth-order valence-corrected chi connectivity index (χ4v) is 3.46. The van der Waals surface area contributed by atoms with Crippen molar-refractivity contribution in [2.45, 2.75) is 52.0 Å².